The Hall–Kier alpha value is -2.57. The summed E-state index contributed by atoms with van der Waals surface area (Å²) < 4.78 is 15.6. The Bertz CT molecular complexity index is 1210. The molecule has 1 heterocycles. The number of carbonyl (C=O) groups excluding carboxylic acids is 1. The Balaban J connectivity index is 1.99. The van der Waals surface area contributed by atoms with E-state index in [0.29, 0.717) is 16.6 Å². The molecule has 0 spiro atoms. The summed E-state index contributed by atoms with van der Waals surface area (Å²) in [7, 11) is 0. The van der Waals surface area contributed by atoms with Gasteiger partial charge in [-0.1, -0.05) is 36.0 Å². The van der Waals surface area contributed by atoms with Crippen molar-refractivity contribution in [2.24, 2.45) is 5.92 Å². The molecule has 1 aliphatic rings. The number of rotatable bonds is 4. The SMILES string of the molecule is Cc1c(C(C(=O)O)C2CCCC2)c2cc(O)c(F)cc2n1C(=O)c1ccc(Cl)c(Cl)c1. The monoisotopic (exact) mass is 463 g/mol. The number of nitrogens with zero attached hydrogens (tertiary/aromatic N) is 1. The summed E-state index contributed by atoms with van der Waals surface area (Å²) in [6.45, 7) is 1.64. The first-order chi connectivity index (χ1) is 14.7. The van der Waals surface area contributed by atoms with E-state index in [9.17, 15) is 24.2 Å². The Kier molecular flexibility index (Phi) is 5.71. The number of aromatic hydroxyl groups is 1. The predicted octanol–water partition coefficient (Wildman–Crippen LogP) is 6.15. The van der Waals surface area contributed by atoms with E-state index in [4.69, 9.17) is 23.2 Å². The number of benzene rings is 2. The van der Waals surface area contributed by atoms with E-state index in [-0.39, 0.29) is 27.0 Å². The number of carboxylic acid groups (broad SMARTS) is 1. The minimum atomic E-state index is -1.00. The number of hydrogen-bond donors (Lipinski definition) is 2. The van der Waals surface area contributed by atoms with Gasteiger partial charge in [-0.2, -0.15) is 0 Å². The second kappa shape index (κ2) is 8.17. The van der Waals surface area contributed by atoms with Gasteiger partial charge in [0.1, 0.15) is 0 Å². The van der Waals surface area contributed by atoms with Gasteiger partial charge in [0.2, 0.25) is 0 Å². The highest BCUT2D eigenvalue weighted by Crippen LogP contribution is 2.43. The molecular weight excluding hydrogens is 444 g/mol. The number of halogens is 3. The average Bonchev–Trinajstić information content (AvgIpc) is 3.32. The number of phenolic OH excluding ortho intramolecular Hbond substituents is 1. The fourth-order valence-electron chi connectivity index (χ4n) is 4.71. The number of phenols is 1. The Morgan fingerprint density at radius 3 is 2.42 bits per heavy atom. The van der Waals surface area contributed by atoms with Crippen LogP contribution in [0.5, 0.6) is 5.75 Å². The Labute approximate surface area is 188 Å². The lowest BCUT2D eigenvalue weighted by Crippen LogP contribution is -2.21. The number of hydrogen-bond acceptors (Lipinski definition) is 3. The third kappa shape index (κ3) is 3.68. The van der Waals surface area contributed by atoms with Crippen LogP contribution in [0.15, 0.2) is 30.3 Å². The van der Waals surface area contributed by atoms with Crippen molar-refractivity contribution in [1.29, 1.82) is 0 Å². The molecule has 162 valence electrons. The van der Waals surface area contributed by atoms with Crippen LogP contribution in [0.1, 0.15) is 53.2 Å². The molecule has 8 heteroatoms. The number of aliphatic carboxylic acids is 1. The van der Waals surface area contributed by atoms with E-state index in [1.807, 2.05) is 0 Å². The highest BCUT2D eigenvalue weighted by atomic mass is 35.5. The molecule has 1 aromatic heterocycles. The normalized spacial score (nSPS) is 15.5. The number of carbonyl (C=O) groups is 2. The molecule has 4 rings (SSSR count). The lowest BCUT2D eigenvalue weighted by molar-refractivity contribution is -0.140. The van der Waals surface area contributed by atoms with Crippen molar-refractivity contribution < 1.29 is 24.2 Å². The molecule has 3 aromatic rings. The summed E-state index contributed by atoms with van der Waals surface area (Å²) >= 11 is 12.0. The Morgan fingerprint density at radius 2 is 1.81 bits per heavy atom. The molecular formula is C23H20Cl2FNO4. The van der Waals surface area contributed by atoms with E-state index < -0.39 is 29.4 Å². The molecule has 2 N–H and O–H groups in total. The highest BCUT2D eigenvalue weighted by molar-refractivity contribution is 6.42. The second-order valence-electron chi connectivity index (χ2n) is 7.95. The largest absolute Gasteiger partial charge is 0.505 e. The molecule has 1 unspecified atom stereocenters. The first-order valence-corrected chi connectivity index (χ1v) is 10.7. The van der Waals surface area contributed by atoms with Gasteiger partial charge >= 0.3 is 5.97 Å². The van der Waals surface area contributed by atoms with Gasteiger partial charge < -0.3 is 10.2 Å². The molecule has 31 heavy (non-hydrogen) atoms. The molecule has 0 radical (unpaired) electrons. The third-order valence-corrected chi connectivity index (χ3v) is 6.88. The third-order valence-electron chi connectivity index (χ3n) is 6.14. The second-order valence-corrected chi connectivity index (χ2v) is 8.76. The van der Waals surface area contributed by atoms with Gasteiger partial charge in [0.15, 0.2) is 11.6 Å². The molecule has 1 atom stereocenters. The van der Waals surface area contributed by atoms with Crippen LogP contribution >= 0.6 is 23.2 Å². The number of fused-ring (bicyclic) bond motifs is 1. The smallest absolute Gasteiger partial charge is 0.311 e. The van der Waals surface area contributed by atoms with Crippen LogP contribution in [0.2, 0.25) is 10.0 Å². The minimum Gasteiger partial charge on any atom is -0.505 e. The van der Waals surface area contributed by atoms with Crippen molar-refractivity contribution in [3.8, 4) is 5.75 Å². The summed E-state index contributed by atoms with van der Waals surface area (Å²) in [5, 5.41) is 20.9. The van der Waals surface area contributed by atoms with Crippen molar-refractivity contribution in [3.05, 3.63) is 63.0 Å². The zero-order valence-electron chi connectivity index (χ0n) is 16.7. The highest BCUT2D eigenvalue weighted by Gasteiger charge is 2.37. The van der Waals surface area contributed by atoms with Crippen molar-refractivity contribution in [3.63, 3.8) is 0 Å². The molecule has 1 fully saturated rings. The fraction of sp³-hybridized carbons (Fsp3) is 0.304. The zero-order valence-corrected chi connectivity index (χ0v) is 18.2. The van der Waals surface area contributed by atoms with Crippen LogP contribution < -0.4 is 0 Å². The maximum Gasteiger partial charge on any atom is 0.311 e. The van der Waals surface area contributed by atoms with Crippen LogP contribution in [0.3, 0.4) is 0 Å². The summed E-state index contributed by atoms with van der Waals surface area (Å²) in [5.74, 6) is -3.94. The standard InChI is InChI=1S/C23H20Cl2FNO4/c1-11-20(21(23(30)31)12-4-2-3-5-12)14-9-19(28)17(26)10-18(14)27(11)22(29)13-6-7-15(24)16(25)8-13/h6-10,12,21,28H,2-5H2,1H3,(H,30,31). The van der Waals surface area contributed by atoms with Crippen LogP contribution in [0.25, 0.3) is 10.9 Å². The summed E-state index contributed by atoms with van der Waals surface area (Å²) in [6, 6.07) is 6.67. The van der Waals surface area contributed by atoms with Gasteiger partial charge in [-0.05, 0) is 55.5 Å². The van der Waals surface area contributed by atoms with E-state index in [2.05, 4.69) is 0 Å². The van der Waals surface area contributed by atoms with E-state index in [0.717, 1.165) is 31.7 Å². The maximum absolute atomic E-state index is 14.3. The van der Waals surface area contributed by atoms with E-state index in [1.165, 1.54) is 28.8 Å². The average molecular weight is 464 g/mol. The predicted molar refractivity (Wildman–Crippen MR) is 117 cm³/mol. The van der Waals surface area contributed by atoms with Crippen LogP contribution in [-0.4, -0.2) is 26.7 Å². The molecule has 2 aromatic carbocycles. The van der Waals surface area contributed by atoms with Crippen molar-refractivity contribution in [2.75, 3.05) is 0 Å². The lowest BCUT2D eigenvalue weighted by atomic mass is 9.83. The fourth-order valence-corrected chi connectivity index (χ4v) is 5.01. The van der Waals surface area contributed by atoms with E-state index in [1.54, 1.807) is 6.92 Å². The number of carboxylic acids is 1. The van der Waals surface area contributed by atoms with Gasteiger partial charge in [-0.15, -0.1) is 0 Å². The van der Waals surface area contributed by atoms with Gasteiger partial charge in [-0.25, -0.2) is 4.39 Å². The molecule has 1 saturated carbocycles. The van der Waals surface area contributed by atoms with Crippen molar-refractivity contribution >= 4 is 46.0 Å². The first kappa shape index (κ1) is 21.7. The van der Waals surface area contributed by atoms with Crippen LogP contribution in [0.4, 0.5) is 4.39 Å². The van der Waals surface area contributed by atoms with Gasteiger partial charge in [-0.3, -0.25) is 14.2 Å². The summed E-state index contributed by atoms with van der Waals surface area (Å²) in [4.78, 5) is 25.7. The van der Waals surface area contributed by atoms with Crippen LogP contribution in [0, 0.1) is 18.7 Å². The van der Waals surface area contributed by atoms with Crippen molar-refractivity contribution in [1.82, 2.24) is 4.57 Å². The van der Waals surface area contributed by atoms with Crippen LogP contribution in [-0.2, 0) is 4.79 Å². The van der Waals surface area contributed by atoms with Gasteiger partial charge in [0, 0.05) is 22.7 Å². The topological polar surface area (TPSA) is 79.5 Å². The van der Waals surface area contributed by atoms with Gasteiger partial charge in [0.05, 0.1) is 21.5 Å². The zero-order chi connectivity index (χ0) is 22.4. The molecule has 1 aliphatic carbocycles. The quantitative estimate of drug-likeness (QED) is 0.486. The lowest BCUT2D eigenvalue weighted by Gasteiger charge is -2.20. The van der Waals surface area contributed by atoms with Crippen molar-refractivity contribution in [2.45, 2.75) is 38.5 Å². The molecule has 0 saturated heterocycles. The maximum atomic E-state index is 14.3. The van der Waals surface area contributed by atoms with E-state index >= 15 is 0 Å². The molecule has 0 amide bonds. The molecule has 0 bridgehead atoms. The number of aromatic nitrogens is 1. The first-order valence-electron chi connectivity index (χ1n) is 9.96. The Morgan fingerprint density at radius 1 is 1.13 bits per heavy atom. The summed E-state index contributed by atoms with van der Waals surface area (Å²) in [5.41, 5.74) is 1.25. The minimum absolute atomic E-state index is 0.0949. The summed E-state index contributed by atoms with van der Waals surface area (Å²) in [6.07, 6.45) is 3.40. The van der Waals surface area contributed by atoms with Gasteiger partial charge in [0.25, 0.3) is 5.91 Å². The molecule has 5 nitrogen and oxygen atoms in total. The molecule has 0 aliphatic heterocycles.